The minimum atomic E-state index is 0.254. The zero-order chi connectivity index (χ0) is 28.3. The Morgan fingerprint density at radius 1 is 0.436 bits per heavy atom. The van der Waals surface area contributed by atoms with E-state index in [9.17, 15) is 15.3 Å². The summed E-state index contributed by atoms with van der Waals surface area (Å²) < 4.78 is 0. The Morgan fingerprint density at radius 3 is 0.923 bits per heavy atom. The molecule has 4 aromatic rings. The molecule has 0 heterocycles. The van der Waals surface area contributed by atoms with Crippen molar-refractivity contribution in [2.45, 2.75) is 40.0 Å². The van der Waals surface area contributed by atoms with Crippen LogP contribution in [0, 0.1) is 0 Å². The number of hydrogen-bond donors (Lipinski definition) is 3. The van der Waals surface area contributed by atoms with E-state index in [-0.39, 0.29) is 17.2 Å². The number of allylic oxidation sites excluding steroid dienone is 3. The van der Waals surface area contributed by atoms with Crippen molar-refractivity contribution in [3.63, 3.8) is 0 Å². The third-order valence-corrected chi connectivity index (χ3v) is 6.65. The van der Waals surface area contributed by atoms with Crippen LogP contribution in [0.2, 0.25) is 0 Å². The van der Waals surface area contributed by atoms with Gasteiger partial charge in [0.05, 0.1) is 0 Å². The van der Waals surface area contributed by atoms with E-state index in [1.165, 1.54) is 0 Å². The summed E-state index contributed by atoms with van der Waals surface area (Å²) >= 11 is 0. The van der Waals surface area contributed by atoms with E-state index in [1.807, 2.05) is 57.2 Å². The Morgan fingerprint density at radius 2 is 0.692 bits per heavy atom. The standard InChI is InChI=1S/C36H36O3/c1-22(2)13-31-16-25(7-10-34(31)37)28-19-29(26-8-11-35(38)32(17-26)14-23(3)4)21-30(20-28)27-9-12-36(39)33(18-27)15-24(5)6/h7-12,16-21,37-39H,1,3,5,13-15H2,2,4,6H3. The lowest BCUT2D eigenvalue weighted by Crippen LogP contribution is -1.92. The van der Waals surface area contributed by atoms with Crippen molar-refractivity contribution in [1.29, 1.82) is 0 Å². The SMILES string of the molecule is C=C(C)Cc1cc(-c2cc(-c3ccc(O)c(CC(=C)C)c3)cc(-c3ccc(O)c(CC(=C)C)c3)c2)ccc1O. The fraction of sp³-hybridized carbons (Fsp3) is 0.167. The first kappa shape index (κ1) is 27.5. The van der Waals surface area contributed by atoms with Crippen molar-refractivity contribution in [3.8, 4) is 50.6 Å². The second-order valence-electron chi connectivity index (χ2n) is 10.7. The number of phenols is 3. The van der Waals surface area contributed by atoms with Gasteiger partial charge in [-0.15, -0.1) is 0 Å². The molecule has 198 valence electrons. The lowest BCUT2D eigenvalue weighted by atomic mass is 9.90. The summed E-state index contributed by atoms with van der Waals surface area (Å²) in [6.07, 6.45) is 1.78. The van der Waals surface area contributed by atoms with Gasteiger partial charge in [0, 0.05) is 0 Å². The summed E-state index contributed by atoms with van der Waals surface area (Å²) in [5.41, 5.74) is 11.3. The first-order valence-corrected chi connectivity index (χ1v) is 13.0. The highest BCUT2D eigenvalue weighted by atomic mass is 16.3. The normalized spacial score (nSPS) is 10.8. The molecule has 0 bridgehead atoms. The predicted octanol–water partition coefficient (Wildman–Crippen LogP) is 9.16. The van der Waals surface area contributed by atoms with Crippen LogP contribution in [0.4, 0.5) is 0 Å². The Hall–Kier alpha value is -4.50. The number of rotatable bonds is 9. The Balaban J connectivity index is 1.92. The van der Waals surface area contributed by atoms with Gasteiger partial charge in [0.15, 0.2) is 0 Å². The first-order chi connectivity index (χ1) is 18.5. The van der Waals surface area contributed by atoms with Crippen LogP contribution in [0.5, 0.6) is 17.2 Å². The highest BCUT2D eigenvalue weighted by molar-refractivity contribution is 5.82. The van der Waals surface area contributed by atoms with Crippen LogP contribution in [-0.4, -0.2) is 15.3 Å². The maximum Gasteiger partial charge on any atom is 0.119 e. The second kappa shape index (κ2) is 11.5. The van der Waals surface area contributed by atoms with Crippen LogP contribution in [0.25, 0.3) is 33.4 Å². The maximum atomic E-state index is 10.5. The van der Waals surface area contributed by atoms with Crippen molar-refractivity contribution in [3.05, 3.63) is 126 Å². The fourth-order valence-corrected chi connectivity index (χ4v) is 4.82. The minimum Gasteiger partial charge on any atom is -0.508 e. The fourth-order valence-electron chi connectivity index (χ4n) is 4.82. The van der Waals surface area contributed by atoms with Gasteiger partial charge in [-0.2, -0.15) is 0 Å². The molecule has 3 heteroatoms. The molecule has 0 aliphatic rings. The summed E-state index contributed by atoms with van der Waals surface area (Å²) in [6.45, 7) is 17.9. The van der Waals surface area contributed by atoms with Crippen LogP contribution in [0.3, 0.4) is 0 Å². The zero-order valence-electron chi connectivity index (χ0n) is 23.0. The largest absolute Gasteiger partial charge is 0.508 e. The molecule has 4 aromatic carbocycles. The average Bonchev–Trinajstić information content (AvgIpc) is 2.87. The van der Waals surface area contributed by atoms with Crippen molar-refractivity contribution in [1.82, 2.24) is 0 Å². The summed E-state index contributed by atoms with van der Waals surface area (Å²) in [5, 5.41) is 31.4. The molecule has 3 nitrogen and oxygen atoms in total. The lowest BCUT2D eigenvalue weighted by molar-refractivity contribution is 0.469. The van der Waals surface area contributed by atoms with E-state index >= 15 is 0 Å². The van der Waals surface area contributed by atoms with Crippen LogP contribution in [0.15, 0.2) is 109 Å². The van der Waals surface area contributed by atoms with E-state index in [2.05, 4.69) is 37.9 Å². The molecular formula is C36H36O3. The Bertz CT molecular complexity index is 1390. The summed E-state index contributed by atoms with van der Waals surface area (Å²) in [5.74, 6) is 0.761. The van der Waals surface area contributed by atoms with Gasteiger partial charge < -0.3 is 15.3 Å². The topological polar surface area (TPSA) is 60.7 Å². The van der Waals surface area contributed by atoms with Gasteiger partial charge in [-0.1, -0.05) is 54.7 Å². The highest BCUT2D eigenvalue weighted by Gasteiger charge is 2.13. The second-order valence-corrected chi connectivity index (χ2v) is 10.7. The van der Waals surface area contributed by atoms with Crippen molar-refractivity contribution in [2.75, 3.05) is 0 Å². The molecule has 0 fully saturated rings. The van der Waals surface area contributed by atoms with Gasteiger partial charge in [-0.25, -0.2) is 0 Å². The molecule has 0 saturated heterocycles. The van der Waals surface area contributed by atoms with E-state index in [4.69, 9.17) is 0 Å². The minimum absolute atomic E-state index is 0.254. The van der Waals surface area contributed by atoms with Gasteiger partial charge in [0.25, 0.3) is 0 Å². The number of phenolic OH excluding ortho intramolecular Hbond substituents is 3. The average molecular weight is 517 g/mol. The van der Waals surface area contributed by atoms with Crippen LogP contribution in [0.1, 0.15) is 37.5 Å². The molecule has 0 aliphatic carbocycles. The lowest BCUT2D eigenvalue weighted by Gasteiger charge is -2.15. The number of hydrogen-bond acceptors (Lipinski definition) is 3. The van der Waals surface area contributed by atoms with Crippen LogP contribution in [-0.2, 0) is 19.3 Å². The number of benzene rings is 4. The van der Waals surface area contributed by atoms with Gasteiger partial charge in [0.2, 0.25) is 0 Å². The van der Waals surface area contributed by atoms with Crippen molar-refractivity contribution >= 4 is 0 Å². The Kier molecular flexibility index (Phi) is 8.11. The maximum absolute atomic E-state index is 10.5. The van der Waals surface area contributed by atoms with E-state index < -0.39 is 0 Å². The predicted molar refractivity (Wildman–Crippen MR) is 163 cm³/mol. The molecular weight excluding hydrogens is 480 g/mol. The van der Waals surface area contributed by atoms with Gasteiger partial charge in [-0.3, -0.25) is 0 Å². The molecule has 4 rings (SSSR count). The molecule has 0 radical (unpaired) electrons. The highest BCUT2D eigenvalue weighted by Crippen LogP contribution is 2.37. The third kappa shape index (κ3) is 6.69. The van der Waals surface area contributed by atoms with Gasteiger partial charge >= 0.3 is 0 Å². The molecule has 0 atom stereocenters. The zero-order valence-corrected chi connectivity index (χ0v) is 23.0. The number of aromatic hydroxyl groups is 3. The summed E-state index contributed by atoms with van der Waals surface area (Å²) in [4.78, 5) is 0. The monoisotopic (exact) mass is 516 g/mol. The first-order valence-electron chi connectivity index (χ1n) is 13.0. The van der Waals surface area contributed by atoms with E-state index in [0.717, 1.165) is 66.8 Å². The smallest absolute Gasteiger partial charge is 0.119 e. The van der Waals surface area contributed by atoms with E-state index in [1.54, 1.807) is 18.2 Å². The molecule has 0 aliphatic heterocycles. The molecule has 0 spiro atoms. The molecule has 0 saturated carbocycles. The summed E-state index contributed by atoms with van der Waals surface area (Å²) in [7, 11) is 0. The molecule has 3 N–H and O–H groups in total. The molecule has 39 heavy (non-hydrogen) atoms. The van der Waals surface area contributed by atoms with Crippen molar-refractivity contribution < 1.29 is 15.3 Å². The van der Waals surface area contributed by atoms with Crippen LogP contribution >= 0.6 is 0 Å². The molecule has 0 aromatic heterocycles. The third-order valence-electron chi connectivity index (χ3n) is 6.65. The van der Waals surface area contributed by atoms with Crippen molar-refractivity contribution in [2.24, 2.45) is 0 Å². The molecule has 0 amide bonds. The van der Waals surface area contributed by atoms with Gasteiger partial charge in [-0.05, 0) is 145 Å². The molecule has 0 unspecified atom stereocenters. The van der Waals surface area contributed by atoms with Gasteiger partial charge in [0.1, 0.15) is 17.2 Å². The summed E-state index contributed by atoms with van der Waals surface area (Å²) in [6, 6.07) is 23.4. The quantitative estimate of drug-likeness (QED) is 0.194. The van der Waals surface area contributed by atoms with Crippen LogP contribution < -0.4 is 0 Å². The van der Waals surface area contributed by atoms with E-state index in [0.29, 0.717) is 19.3 Å². The Labute approximate surface area is 231 Å².